The molecule has 0 heterocycles. The molecule has 20 heavy (non-hydrogen) atoms. The van der Waals surface area contributed by atoms with Gasteiger partial charge in [-0.05, 0) is 18.2 Å². The summed E-state index contributed by atoms with van der Waals surface area (Å²) >= 11 is 1.44. The molecule has 6 heteroatoms. The van der Waals surface area contributed by atoms with Crippen LogP contribution in [-0.2, 0) is 4.79 Å². The van der Waals surface area contributed by atoms with Crippen LogP contribution in [0.15, 0.2) is 58.3 Å². The maximum atomic E-state index is 11.0. The van der Waals surface area contributed by atoms with Gasteiger partial charge in [0.15, 0.2) is 0 Å². The molecular weight excluding hydrogens is 278 g/mol. The zero-order valence-corrected chi connectivity index (χ0v) is 11.4. The summed E-state index contributed by atoms with van der Waals surface area (Å²) in [7, 11) is 0. The Balaban J connectivity index is 2.31. The smallest absolute Gasteiger partial charge is 0.311 e. The Kier molecular flexibility index (Phi) is 4.37. The quantitative estimate of drug-likeness (QED) is 0.372. The molecule has 0 fully saturated rings. The van der Waals surface area contributed by atoms with E-state index in [0.29, 0.717) is 0 Å². The number of esters is 1. The van der Waals surface area contributed by atoms with Gasteiger partial charge in [-0.15, -0.1) is 0 Å². The fourth-order valence-corrected chi connectivity index (χ4v) is 2.44. The summed E-state index contributed by atoms with van der Waals surface area (Å²) in [4.78, 5) is 23.1. The van der Waals surface area contributed by atoms with Gasteiger partial charge in [-0.1, -0.05) is 30.0 Å². The van der Waals surface area contributed by atoms with Crippen molar-refractivity contribution in [3.05, 3.63) is 58.6 Å². The van der Waals surface area contributed by atoms with Crippen molar-refractivity contribution < 1.29 is 14.5 Å². The SMILES string of the molecule is CC(=O)Oc1cc(Sc2ccccc2)ccc1[N+](=O)[O-]. The van der Waals surface area contributed by atoms with Gasteiger partial charge in [0.05, 0.1) is 4.92 Å². The molecule has 0 atom stereocenters. The van der Waals surface area contributed by atoms with Crippen molar-refractivity contribution in [3.8, 4) is 5.75 Å². The average molecular weight is 289 g/mol. The lowest BCUT2D eigenvalue weighted by Crippen LogP contribution is -2.04. The van der Waals surface area contributed by atoms with Crippen molar-refractivity contribution in [3.63, 3.8) is 0 Å². The molecule has 2 rings (SSSR count). The summed E-state index contributed by atoms with van der Waals surface area (Å²) in [6.45, 7) is 1.21. The lowest BCUT2D eigenvalue weighted by Gasteiger charge is -2.06. The molecule has 0 aromatic heterocycles. The highest BCUT2D eigenvalue weighted by Crippen LogP contribution is 2.35. The maximum Gasteiger partial charge on any atom is 0.311 e. The third kappa shape index (κ3) is 3.58. The predicted molar refractivity (Wildman–Crippen MR) is 75.0 cm³/mol. The highest BCUT2D eigenvalue weighted by atomic mass is 32.2. The lowest BCUT2D eigenvalue weighted by atomic mass is 10.3. The molecule has 5 nitrogen and oxygen atoms in total. The summed E-state index contributed by atoms with van der Waals surface area (Å²) in [6, 6.07) is 14.0. The molecule has 2 aromatic carbocycles. The van der Waals surface area contributed by atoms with E-state index in [9.17, 15) is 14.9 Å². The average Bonchev–Trinajstić information content (AvgIpc) is 2.39. The number of carbonyl (C=O) groups excluding carboxylic acids is 1. The molecule has 0 bridgehead atoms. The van der Waals surface area contributed by atoms with Gasteiger partial charge in [-0.25, -0.2) is 0 Å². The van der Waals surface area contributed by atoms with E-state index in [4.69, 9.17) is 4.74 Å². The molecular formula is C14H11NO4S. The fraction of sp³-hybridized carbons (Fsp3) is 0.0714. The summed E-state index contributed by atoms with van der Waals surface area (Å²) in [5.41, 5.74) is -0.224. The number of hydrogen-bond donors (Lipinski definition) is 0. The Bertz CT molecular complexity index is 643. The van der Waals surface area contributed by atoms with Gasteiger partial charge in [-0.2, -0.15) is 0 Å². The Labute approximate surface area is 119 Å². The largest absolute Gasteiger partial charge is 0.419 e. The van der Waals surface area contributed by atoms with Crippen molar-refractivity contribution in [2.45, 2.75) is 16.7 Å². The summed E-state index contributed by atoms with van der Waals surface area (Å²) in [5.74, 6) is -0.626. The van der Waals surface area contributed by atoms with Gasteiger partial charge < -0.3 is 4.74 Å². The van der Waals surface area contributed by atoms with Crippen LogP contribution in [0.25, 0.3) is 0 Å². The molecule has 0 unspecified atom stereocenters. The van der Waals surface area contributed by atoms with E-state index in [1.807, 2.05) is 30.3 Å². The fourth-order valence-electron chi connectivity index (χ4n) is 1.57. The minimum absolute atomic E-state index is 0.0385. The van der Waals surface area contributed by atoms with Crippen molar-refractivity contribution in [1.82, 2.24) is 0 Å². The third-order valence-electron chi connectivity index (χ3n) is 2.36. The van der Waals surface area contributed by atoms with Crippen LogP contribution in [0.1, 0.15) is 6.92 Å². The zero-order valence-electron chi connectivity index (χ0n) is 10.6. The Morgan fingerprint density at radius 3 is 2.45 bits per heavy atom. The number of rotatable bonds is 4. The maximum absolute atomic E-state index is 11.0. The van der Waals surface area contributed by atoms with Crippen molar-refractivity contribution >= 4 is 23.4 Å². The number of carbonyl (C=O) groups is 1. The van der Waals surface area contributed by atoms with Crippen LogP contribution in [0.4, 0.5) is 5.69 Å². The van der Waals surface area contributed by atoms with Gasteiger partial charge in [0.25, 0.3) is 0 Å². The number of ether oxygens (including phenoxy) is 1. The second-order valence-corrected chi connectivity index (χ2v) is 5.04. The van der Waals surface area contributed by atoms with Crippen molar-refractivity contribution in [1.29, 1.82) is 0 Å². The minimum Gasteiger partial charge on any atom is -0.419 e. The minimum atomic E-state index is -0.588. The van der Waals surface area contributed by atoms with Crippen LogP contribution >= 0.6 is 11.8 Å². The van der Waals surface area contributed by atoms with Crippen LogP contribution in [0.5, 0.6) is 5.75 Å². The predicted octanol–water partition coefficient (Wildman–Crippen LogP) is 3.67. The van der Waals surface area contributed by atoms with E-state index in [1.54, 1.807) is 6.07 Å². The first-order chi connectivity index (χ1) is 9.56. The van der Waals surface area contributed by atoms with Crippen molar-refractivity contribution in [2.24, 2.45) is 0 Å². The summed E-state index contributed by atoms with van der Waals surface area (Å²) < 4.78 is 4.89. The molecule has 0 spiro atoms. The molecule has 0 radical (unpaired) electrons. The van der Waals surface area contributed by atoms with Gasteiger partial charge in [0, 0.05) is 28.8 Å². The van der Waals surface area contributed by atoms with Crippen LogP contribution in [-0.4, -0.2) is 10.9 Å². The normalized spacial score (nSPS) is 10.1. The first-order valence-corrected chi connectivity index (χ1v) is 6.57. The zero-order chi connectivity index (χ0) is 14.5. The summed E-state index contributed by atoms with van der Waals surface area (Å²) in [5, 5.41) is 10.9. The standard InChI is InChI=1S/C14H11NO4S/c1-10(16)19-14-9-12(7-8-13(14)15(17)18)20-11-5-3-2-4-6-11/h2-9H,1H3. The molecule has 2 aromatic rings. The van der Waals surface area contributed by atoms with E-state index in [1.165, 1.54) is 30.8 Å². The molecule has 0 saturated heterocycles. The van der Waals surface area contributed by atoms with E-state index >= 15 is 0 Å². The molecule has 0 saturated carbocycles. The second kappa shape index (κ2) is 6.21. The van der Waals surface area contributed by atoms with E-state index < -0.39 is 10.9 Å². The Morgan fingerprint density at radius 1 is 1.15 bits per heavy atom. The monoisotopic (exact) mass is 289 g/mol. The number of nitro groups is 1. The lowest BCUT2D eigenvalue weighted by molar-refractivity contribution is -0.385. The Hall–Kier alpha value is -2.34. The molecule has 0 N–H and O–H groups in total. The van der Waals surface area contributed by atoms with Gasteiger partial charge >= 0.3 is 11.7 Å². The topological polar surface area (TPSA) is 69.4 Å². The van der Waals surface area contributed by atoms with Crippen LogP contribution < -0.4 is 4.74 Å². The first-order valence-electron chi connectivity index (χ1n) is 5.76. The summed E-state index contributed by atoms with van der Waals surface area (Å²) in [6.07, 6.45) is 0. The molecule has 0 aliphatic carbocycles. The van der Waals surface area contributed by atoms with Gasteiger partial charge in [0.2, 0.25) is 5.75 Å². The second-order valence-electron chi connectivity index (χ2n) is 3.90. The number of nitro benzene ring substituents is 1. The third-order valence-corrected chi connectivity index (χ3v) is 3.36. The first kappa shape index (κ1) is 14.1. The van der Waals surface area contributed by atoms with Crippen LogP contribution in [0.3, 0.4) is 0 Å². The number of nitrogens with zero attached hydrogens (tertiary/aromatic N) is 1. The Morgan fingerprint density at radius 2 is 1.85 bits per heavy atom. The highest BCUT2D eigenvalue weighted by molar-refractivity contribution is 7.99. The van der Waals surface area contributed by atoms with Gasteiger partial charge in [-0.3, -0.25) is 14.9 Å². The molecule has 102 valence electrons. The molecule has 0 amide bonds. The van der Waals surface area contributed by atoms with E-state index in [2.05, 4.69) is 0 Å². The molecule has 0 aliphatic rings. The van der Waals surface area contributed by atoms with E-state index in [0.717, 1.165) is 9.79 Å². The van der Waals surface area contributed by atoms with E-state index in [-0.39, 0.29) is 11.4 Å². The van der Waals surface area contributed by atoms with Gasteiger partial charge in [0.1, 0.15) is 0 Å². The molecule has 0 aliphatic heterocycles. The van der Waals surface area contributed by atoms with Crippen molar-refractivity contribution in [2.75, 3.05) is 0 Å². The van der Waals surface area contributed by atoms with Crippen LogP contribution in [0.2, 0.25) is 0 Å². The number of hydrogen-bond acceptors (Lipinski definition) is 5. The highest BCUT2D eigenvalue weighted by Gasteiger charge is 2.17. The number of benzene rings is 2. The van der Waals surface area contributed by atoms with Crippen LogP contribution in [0, 0.1) is 10.1 Å².